The van der Waals surface area contributed by atoms with Crippen molar-refractivity contribution in [2.45, 2.75) is 32.0 Å². The molecule has 1 saturated carbocycles. The molecule has 1 aromatic heterocycles. The second kappa shape index (κ2) is 6.69. The van der Waals surface area contributed by atoms with Gasteiger partial charge >= 0.3 is 6.01 Å². The van der Waals surface area contributed by atoms with Crippen molar-refractivity contribution in [2.24, 2.45) is 0 Å². The van der Waals surface area contributed by atoms with E-state index in [9.17, 15) is 5.11 Å². The molecule has 112 valence electrons. The van der Waals surface area contributed by atoms with E-state index in [4.69, 9.17) is 4.42 Å². The molecule has 0 radical (unpaired) electrons. The van der Waals surface area contributed by atoms with Crippen molar-refractivity contribution in [2.75, 3.05) is 18.1 Å². The first-order valence-electron chi connectivity index (χ1n) is 7.30. The van der Waals surface area contributed by atoms with Gasteiger partial charge in [0.15, 0.2) is 0 Å². The van der Waals surface area contributed by atoms with Gasteiger partial charge in [-0.15, -0.1) is 5.10 Å². The molecule has 3 rings (SSSR count). The quantitative estimate of drug-likeness (QED) is 0.763. The largest absolute Gasteiger partial charge is 0.407 e. The summed E-state index contributed by atoms with van der Waals surface area (Å²) in [4.78, 5) is 1.89. The number of aliphatic hydroxyl groups excluding tert-OH is 1. The first-order valence-corrected chi connectivity index (χ1v) is 7.30. The van der Waals surface area contributed by atoms with E-state index >= 15 is 0 Å². The van der Waals surface area contributed by atoms with Crippen molar-refractivity contribution in [3.63, 3.8) is 0 Å². The summed E-state index contributed by atoms with van der Waals surface area (Å²) in [5.74, 6) is 0.591. The van der Waals surface area contributed by atoms with Crippen LogP contribution in [0.3, 0.4) is 0 Å². The Labute approximate surface area is 123 Å². The van der Waals surface area contributed by atoms with Crippen molar-refractivity contribution in [1.82, 2.24) is 15.5 Å². The van der Waals surface area contributed by atoms with Gasteiger partial charge in [-0.25, -0.2) is 0 Å². The lowest BCUT2D eigenvalue weighted by molar-refractivity contribution is 0.297. The summed E-state index contributed by atoms with van der Waals surface area (Å²) < 4.78 is 5.68. The van der Waals surface area contributed by atoms with E-state index in [1.165, 1.54) is 12.8 Å². The van der Waals surface area contributed by atoms with Crippen LogP contribution in [0.4, 0.5) is 6.01 Å². The Hall–Kier alpha value is -1.92. The van der Waals surface area contributed by atoms with Crippen molar-refractivity contribution in [3.8, 4) is 0 Å². The zero-order valence-corrected chi connectivity index (χ0v) is 11.9. The maximum Gasteiger partial charge on any atom is 0.318 e. The van der Waals surface area contributed by atoms with Gasteiger partial charge in [0, 0.05) is 19.1 Å². The average molecular weight is 288 g/mol. The van der Waals surface area contributed by atoms with E-state index in [0.717, 1.165) is 5.56 Å². The Morgan fingerprint density at radius 1 is 1.24 bits per heavy atom. The van der Waals surface area contributed by atoms with Crippen molar-refractivity contribution < 1.29 is 9.52 Å². The third-order valence-electron chi connectivity index (χ3n) is 3.43. The summed E-state index contributed by atoms with van der Waals surface area (Å²) in [7, 11) is 0. The third-order valence-corrected chi connectivity index (χ3v) is 3.43. The van der Waals surface area contributed by atoms with E-state index in [2.05, 4.69) is 15.5 Å². The predicted molar refractivity (Wildman–Crippen MR) is 78.7 cm³/mol. The Kier molecular flexibility index (Phi) is 4.47. The maximum atomic E-state index is 9.22. The summed E-state index contributed by atoms with van der Waals surface area (Å²) in [6.45, 7) is 1.76. The summed E-state index contributed by atoms with van der Waals surface area (Å²) in [5.41, 5.74) is 1.14. The minimum atomic E-state index is 0.0465. The van der Waals surface area contributed by atoms with Gasteiger partial charge in [0.05, 0.1) is 13.2 Å². The fraction of sp³-hybridized carbons (Fsp3) is 0.467. The lowest BCUT2D eigenvalue weighted by Crippen LogP contribution is -2.26. The van der Waals surface area contributed by atoms with Crippen LogP contribution in [0, 0.1) is 0 Å². The SMILES string of the molecule is OCCN(Cc1ccccc1)c1nnc(CNC2CC2)o1. The molecule has 1 heterocycles. The normalized spacial score (nSPS) is 14.3. The molecule has 0 spiro atoms. The summed E-state index contributed by atoms with van der Waals surface area (Å²) in [6.07, 6.45) is 2.46. The number of rotatable bonds is 8. The first-order chi connectivity index (χ1) is 10.3. The van der Waals surface area contributed by atoms with Gasteiger partial charge in [0.2, 0.25) is 5.89 Å². The lowest BCUT2D eigenvalue weighted by atomic mass is 10.2. The molecular weight excluding hydrogens is 268 g/mol. The molecule has 1 aliphatic rings. The van der Waals surface area contributed by atoms with Crippen LogP contribution in [0.2, 0.25) is 0 Å². The van der Waals surface area contributed by atoms with Gasteiger partial charge in [0.25, 0.3) is 0 Å². The first kappa shape index (κ1) is 14.0. The smallest absolute Gasteiger partial charge is 0.318 e. The highest BCUT2D eigenvalue weighted by atomic mass is 16.4. The van der Waals surface area contributed by atoms with E-state index in [0.29, 0.717) is 37.6 Å². The van der Waals surface area contributed by atoms with E-state index in [1.807, 2.05) is 35.2 Å². The molecule has 0 saturated heterocycles. The molecule has 21 heavy (non-hydrogen) atoms. The number of benzene rings is 1. The number of anilines is 1. The molecule has 0 aliphatic heterocycles. The molecule has 0 amide bonds. The molecule has 1 aliphatic carbocycles. The van der Waals surface area contributed by atoms with Crippen LogP contribution in [-0.4, -0.2) is 34.5 Å². The Bertz CT molecular complexity index is 554. The second-order valence-corrected chi connectivity index (χ2v) is 5.26. The molecule has 1 fully saturated rings. The zero-order chi connectivity index (χ0) is 14.5. The number of nitrogens with zero attached hydrogens (tertiary/aromatic N) is 3. The number of nitrogens with one attached hydrogen (secondary N) is 1. The monoisotopic (exact) mass is 288 g/mol. The Morgan fingerprint density at radius 2 is 2.05 bits per heavy atom. The molecule has 2 N–H and O–H groups in total. The highest BCUT2D eigenvalue weighted by molar-refractivity contribution is 5.28. The predicted octanol–water partition coefficient (Wildman–Crippen LogP) is 1.32. The molecule has 6 heteroatoms. The van der Waals surface area contributed by atoms with Crippen LogP contribution < -0.4 is 10.2 Å². The average Bonchev–Trinajstić information content (AvgIpc) is 3.22. The molecule has 0 atom stereocenters. The molecule has 1 aromatic carbocycles. The van der Waals surface area contributed by atoms with Crippen LogP contribution in [-0.2, 0) is 13.1 Å². The molecule has 2 aromatic rings. The Balaban J connectivity index is 1.64. The summed E-state index contributed by atoms with van der Waals surface area (Å²) in [6, 6.07) is 11.1. The van der Waals surface area contributed by atoms with Gasteiger partial charge < -0.3 is 19.7 Å². The van der Waals surface area contributed by atoms with Crippen molar-refractivity contribution >= 4 is 6.01 Å². The van der Waals surface area contributed by atoms with Crippen LogP contribution in [0.5, 0.6) is 0 Å². The lowest BCUT2D eigenvalue weighted by Gasteiger charge is -2.18. The number of aromatic nitrogens is 2. The van der Waals surface area contributed by atoms with E-state index in [1.54, 1.807) is 0 Å². The summed E-state index contributed by atoms with van der Waals surface area (Å²) in [5, 5.41) is 20.7. The molecule has 6 nitrogen and oxygen atoms in total. The maximum absolute atomic E-state index is 9.22. The second-order valence-electron chi connectivity index (χ2n) is 5.26. The number of hydrogen-bond acceptors (Lipinski definition) is 6. The topological polar surface area (TPSA) is 74.4 Å². The van der Waals surface area contributed by atoms with Crippen molar-refractivity contribution in [3.05, 3.63) is 41.8 Å². The highest BCUT2D eigenvalue weighted by Crippen LogP contribution is 2.20. The van der Waals surface area contributed by atoms with Gasteiger partial charge in [-0.1, -0.05) is 35.4 Å². The van der Waals surface area contributed by atoms with Crippen LogP contribution in [0.15, 0.2) is 34.7 Å². The summed E-state index contributed by atoms with van der Waals surface area (Å²) >= 11 is 0. The van der Waals surface area contributed by atoms with E-state index in [-0.39, 0.29) is 6.61 Å². The number of aliphatic hydroxyl groups is 1. The zero-order valence-electron chi connectivity index (χ0n) is 11.9. The van der Waals surface area contributed by atoms with E-state index < -0.39 is 0 Å². The van der Waals surface area contributed by atoms with Crippen LogP contribution in [0.25, 0.3) is 0 Å². The van der Waals surface area contributed by atoms with Crippen LogP contribution in [0.1, 0.15) is 24.3 Å². The van der Waals surface area contributed by atoms with Crippen molar-refractivity contribution in [1.29, 1.82) is 0 Å². The fourth-order valence-electron chi connectivity index (χ4n) is 2.13. The molecular formula is C15H20N4O2. The van der Waals surface area contributed by atoms with Gasteiger partial charge in [-0.3, -0.25) is 0 Å². The molecule has 0 bridgehead atoms. The minimum absolute atomic E-state index is 0.0465. The highest BCUT2D eigenvalue weighted by Gasteiger charge is 2.21. The van der Waals surface area contributed by atoms with Gasteiger partial charge in [-0.05, 0) is 18.4 Å². The van der Waals surface area contributed by atoms with Gasteiger partial charge in [0.1, 0.15) is 0 Å². The Morgan fingerprint density at radius 3 is 2.76 bits per heavy atom. The molecule has 0 unspecified atom stereocenters. The van der Waals surface area contributed by atoms with Crippen LogP contribution >= 0.6 is 0 Å². The standard InChI is InChI=1S/C15H20N4O2/c20-9-8-19(11-12-4-2-1-3-5-12)15-18-17-14(21-15)10-16-13-6-7-13/h1-5,13,16,20H,6-11H2. The third kappa shape index (κ3) is 4.03. The fourth-order valence-corrected chi connectivity index (χ4v) is 2.13. The minimum Gasteiger partial charge on any atom is -0.407 e. The van der Waals surface area contributed by atoms with Gasteiger partial charge in [-0.2, -0.15) is 0 Å². The number of hydrogen-bond donors (Lipinski definition) is 2.